The summed E-state index contributed by atoms with van der Waals surface area (Å²) in [6.45, 7) is 9.91. The van der Waals surface area contributed by atoms with E-state index < -0.39 is 0 Å². The number of hydrogen-bond acceptors (Lipinski definition) is 4. The van der Waals surface area contributed by atoms with E-state index in [9.17, 15) is 0 Å². The van der Waals surface area contributed by atoms with Crippen molar-refractivity contribution < 1.29 is 0 Å². The summed E-state index contributed by atoms with van der Waals surface area (Å²) in [5, 5.41) is 11.8. The molecule has 1 aromatic carbocycles. The molecule has 1 atom stereocenters. The van der Waals surface area contributed by atoms with Gasteiger partial charge >= 0.3 is 0 Å². The topological polar surface area (TPSA) is 45.1 Å². The van der Waals surface area contributed by atoms with Crippen LogP contribution in [0.2, 0.25) is 0 Å². The maximum Gasteiger partial charge on any atom is 0.124 e. The molecule has 0 radical (unpaired) electrons. The van der Waals surface area contributed by atoms with Crippen molar-refractivity contribution in [1.82, 2.24) is 20.0 Å². The van der Waals surface area contributed by atoms with E-state index in [1.807, 2.05) is 0 Å². The number of likely N-dealkylation sites (tertiary alicyclic amines) is 1. The molecule has 26 heavy (non-hydrogen) atoms. The molecular weight excluding hydrogens is 322 g/mol. The van der Waals surface area contributed by atoms with Crippen molar-refractivity contribution in [3.05, 3.63) is 47.7 Å². The van der Waals surface area contributed by atoms with Gasteiger partial charge in [-0.05, 0) is 50.9 Å². The van der Waals surface area contributed by atoms with Gasteiger partial charge in [0.1, 0.15) is 5.82 Å². The Labute approximate surface area is 156 Å². The van der Waals surface area contributed by atoms with E-state index in [0.717, 1.165) is 44.3 Å². The lowest BCUT2D eigenvalue weighted by molar-refractivity contribution is 0.174. The minimum atomic E-state index is 0.625. The third-order valence-corrected chi connectivity index (χ3v) is 5.73. The quantitative estimate of drug-likeness (QED) is 0.838. The molecule has 5 heteroatoms. The van der Waals surface area contributed by atoms with Gasteiger partial charge in [-0.15, -0.1) is 0 Å². The predicted molar refractivity (Wildman–Crippen MR) is 106 cm³/mol. The van der Waals surface area contributed by atoms with Gasteiger partial charge in [-0.1, -0.05) is 30.3 Å². The average molecular weight is 354 g/mol. The van der Waals surface area contributed by atoms with E-state index in [1.165, 1.54) is 37.3 Å². The van der Waals surface area contributed by atoms with Crippen LogP contribution in [0.5, 0.6) is 0 Å². The Balaban J connectivity index is 1.14. The van der Waals surface area contributed by atoms with Crippen LogP contribution in [0.15, 0.2) is 36.4 Å². The fourth-order valence-corrected chi connectivity index (χ4v) is 4.20. The zero-order valence-electron chi connectivity index (χ0n) is 15.8. The number of piperidine rings is 1. The molecule has 0 bridgehead atoms. The normalized spacial score (nSPS) is 21.3. The Bertz CT molecular complexity index is 688. The Hall–Kier alpha value is -1.85. The lowest BCUT2D eigenvalue weighted by atomic mass is 9.96. The molecule has 1 fully saturated rings. The zero-order chi connectivity index (χ0) is 17.8. The number of nitrogens with zero attached hydrogens (tertiary/aromatic N) is 3. The van der Waals surface area contributed by atoms with Crippen LogP contribution in [0.25, 0.3) is 0 Å². The fraction of sp³-hybridized carbons (Fsp3) is 0.571. The first-order valence-electron chi connectivity index (χ1n) is 10.0. The number of hydrogen-bond donors (Lipinski definition) is 2. The van der Waals surface area contributed by atoms with Crippen LogP contribution in [0.3, 0.4) is 0 Å². The van der Waals surface area contributed by atoms with Crippen LogP contribution >= 0.6 is 0 Å². The van der Waals surface area contributed by atoms with Gasteiger partial charge in [0.2, 0.25) is 0 Å². The highest BCUT2D eigenvalue weighted by Gasteiger charge is 2.21. The summed E-state index contributed by atoms with van der Waals surface area (Å²) in [5.41, 5.74) is 2.53. The van der Waals surface area contributed by atoms with E-state index in [1.54, 1.807) is 0 Å². The van der Waals surface area contributed by atoms with Crippen molar-refractivity contribution in [2.24, 2.45) is 11.8 Å². The molecule has 0 unspecified atom stereocenters. The molecule has 2 aliphatic heterocycles. The van der Waals surface area contributed by atoms with Gasteiger partial charge in [0.15, 0.2) is 0 Å². The Morgan fingerprint density at radius 1 is 1.12 bits per heavy atom. The van der Waals surface area contributed by atoms with Crippen LogP contribution < -0.4 is 10.6 Å². The molecule has 2 N–H and O–H groups in total. The lowest BCUT2D eigenvalue weighted by Crippen LogP contribution is -2.40. The SMILES string of the molecule is Cc1cc2n(n1)C[C@H](CNCC1CCN(Cc3ccccc3)CC1)CN2. The van der Waals surface area contributed by atoms with Gasteiger partial charge < -0.3 is 10.6 Å². The summed E-state index contributed by atoms with van der Waals surface area (Å²) in [6.07, 6.45) is 2.62. The summed E-state index contributed by atoms with van der Waals surface area (Å²) in [7, 11) is 0. The number of fused-ring (bicyclic) bond motifs is 1. The first-order valence-corrected chi connectivity index (χ1v) is 10.0. The molecule has 2 aliphatic rings. The van der Waals surface area contributed by atoms with Crippen molar-refractivity contribution in [2.45, 2.75) is 32.9 Å². The first-order chi connectivity index (χ1) is 12.8. The van der Waals surface area contributed by atoms with Gasteiger partial charge in [0.05, 0.1) is 5.69 Å². The Morgan fingerprint density at radius 2 is 1.88 bits per heavy atom. The van der Waals surface area contributed by atoms with Crippen LogP contribution in [-0.2, 0) is 13.1 Å². The van der Waals surface area contributed by atoms with Crippen molar-refractivity contribution >= 4 is 5.82 Å². The molecular formula is C21H31N5. The number of nitrogens with one attached hydrogen (secondary N) is 2. The van der Waals surface area contributed by atoms with Crippen LogP contribution in [-0.4, -0.2) is 47.4 Å². The standard InChI is InChI=1S/C21H31N5/c1-17-11-21-23-14-20(16-26(21)24-17)13-22-12-18-7-9-25(10-8-18)15-19-5-3-2-4-6-19/h2-6,11,18,20,22-23H,7-10,12-16H2,1H3/t20-/m1/s1. The molecule has 1 saturated heterocycles. The van der Waals surface area contributed by atoms with Gasteiger partial charge in [-0.25, -0.2) is 4.68 Å². The molecule has 0 saturated carbocycles. The van der Waals surface area contributed by atoms with Crippen molar-refractivity contribution in [3.63, 3.8) is 0 Å². The lowest BCUT2D eigenvalue weighted by Gasteiger charge is -2.32. The minimum absolute atomic E-state index is 0.625. The second-order valence-electron chi connectivity index (χ2n) is 7.96. The summed E-state index contributed by atoms with van der Waals surface area (Å²) < 4.78 is 2.12. The van der Waals surface area contributed by atoms with E-state index in [4.69, 9.17) is 0 Å². The molecule has 2 aromatic rings. The summed E-state index contributed by atoms with van der Waals surface area (Å²) in [5.74, 6) is 2.62. The fourth-order valence-electron chi connectivity index (χ4n) is 4.20. The first kappa shape index (κ1) is 17.6. The van der Waals surface area contributed by atoms with Gasteiger partial charge in [-0.2, -0.15) is 5.10 Å². The zero-order valence-corrected chi connectivity index (χ0v) is 15.8. The van der Waals surface area contributed by atoms with Crippen LogP contribution in [0.4, 0.5) is 5.82 Å². The van der Waals surface area contributed by atoms with Crippen LogP contribution in [0.1, 0.15) is 24.1 Å². The van der Waals surface area contributed by atoms with Crippen LogP contribution in [0, 0.1) is 18.8 Å². The number of rotatable bonds is 6. The minimum Gasteiger partial charge on any atom is -0.370 e. The number of aryl methyl sites for hydroxylation is 1. The van der Waals surface area contributed by atoms with Crippen molar-refractivity contribution in [1.29, 1.82) is 0 Å². The predicted octanol–water partition coefficient (Wildman–Crippen LogP) is 2.74. The molecule has 0 spiro atoms. The molecule has 140 valence electrons. The second-order valence-corrected chi connectivity index (χ2v) is 7.96. The average Bonchev–Trinajstić information content (AvgIpc) is 3.03. The summed E-state index contributed by atoms with van der Waals surface area (Å²) in [4.78, 5) is 2.60. The van der Waals surface area contributed by atoms with Gasteiger partial charge in [0, 0.05) is 38.2 Å². The molecule has 4 rings (SSSR count). The maximum atomic E-state index is 4.56. The molecule has 0 aliphatic carbocycles. The summed E-state index contributed by atoms with van der Waals surface area (Å²) in [6, 6.07) is 13.0. The number of anilines is 1. The van der Waals surface area contributed by atoms with Gasteiger partial charge in [-0.3, -0.25) is 4.90 Å². The maximum absolute atomic E-state index is 4.56. The highest BCUT2D eigenvalue weighted by Crippen LogP contribution is 2.20. The van der Waals surface area contributed by atoms with E-state index in [2.05, 4.69) is 68.6 Å². The van der Waals surface area contributed by atoms with E-state index in [-0.39, 0.29) is 0 Å². The number of aromatic nitrogens is 2. The monoisotopic (exact) mass is 353 g/mol. The Kier molecular flexibility index (Phi) is 5.56. The van der Waals surface area contributed by atoms with E-state index >= 15 is 0 Å². The van der Waals surface area contributed by atoms with Crippen molar-refractivity contribution in [2.75, 3.05) is 38.0 Å². The highest BCUT2D eigenvalue weighted by molar-refractivity contribution is 5.38. The summed E-state index contributed by atoms with van der Waals surface area (Å²) >= 11 is 0. The Morgan fingerprint density at radius 3 is 2.69 bits per heavy atom. The van der Waals surface area contributed by atoms with E-state index in [0.29, 0.717) is 5.92 Å². The largest absolute Gasteiger partial charge is 0.370 e. The third-order valence-electron chi connectivity index (χ3n) is 5.73. The number of benzene rings is 1. The highest BCUT2D eigenvalue weighted by atomic mass is 15.3. The smallest absolute Gasteiger partial charge is 0.124 e. The third kappa shape index (κ3) is 4.46. The molecule has 3 heterocycles. The second kappa shape index (κ2) is 8.23. The molecule has 1 aromatic heterocycles. The van der Waals surface area contributed by atoms with Crippen molar-refractivity contribution in [3.8, 4) is 0 Å². The molecule has 5 nitrogen and oxygen atoms in total. The van der Waals surface area contributed by atoms with Gasteiger partial charge in [0.25, 0.3) is 0 Å². The molecule has 0 amide bonds.